The molecule has 90 valence electrons. The van der Waals surface area contributed by atoms with Gasteiger partial charge in [0.05, 0.1) is 0 Å². The highest BCUT2D eigenvalue weighted by molar-refractivity contribution is 7.87. The van der Waals surface area contributed by atoms with Gasteiger partial charge in [-0.05, 0) is 24.1 Å². The second-order valence-electron chi connectivity index (χ2n) is 3.69. The zero-order chi connectivity index (χ0) is 12.3. The predicted molar refractivity (Wildman–Crippen MR) is 60.6 cm³/mol. The average molecular weight is 246 g/mol. The molecule has 1 aromatic carbocycles. The van der Waals surface area contributed by atoms with Crippen LogP contribution in [0.25, 0.3) is 0 Å². The van der Waals surface area contributed by atoms with Crippen LogP contribution in [0.1, 0.15) is 11.1 Å². The minimum absolute atomic E-state index is 0.0811. The van der Waals surface area contributed by atoms with Gasteiger partial charge in [-0.15, -0.1) is 0 Å². The van der Waals surface area contributed by atoms with E-state index in [9.17, 15) is 12.8 Å². The number of nitrogens with zero attached hydrogens (tertiary/aromatic N) is 1. The number of hydrogen-bond donors (Lipinski definition) is 1. The molecule has 0 unspecified atom stereocenters. The lowest BCUT2D eigenvalue weighted by Crippen LogP contribution is -2.35. The molecule has 1 rings (SSSR count). The predicted octanol–water partition coefficient (Wildman–Crippen LogP) is 1.03. The third-order valence-corrected chi connectivity index (χ3v) is 3.65. The Labute approximate surface area is 95.3 Å². The summed E-state index contributed by atoms with van der Waals surface area (Å²) in [7, 11) is -0.601. The Bertz CT molecular complexity index is 472. The molecule has 0 radical (unpaired) electrons. The molecule has 1 N–H and O–H groups in total. The van der Waals surface area contributed by atoms with Crippen LogP contribution >= 0.6 is 0 Å². The van der Waals surface area contributed by atoms with Gasteiger partial charge in [0.1, 0.15) is 5.82 Å². The van der Waals surface area contributed by atoms with Crippen LogP contribution in [0.15, 0.2) is 18.2 Å². The van der Waals surface area contributed by atoms with Crippen LogP contribution in [0.4, 0.5) is 4.39 Å². The first-order valence-electron chi connectivity index (χ1n) is 4.75. The van der Waals surface area contributed by atoms with Crippen molar-refractivity contribution in [3.05, 3.63) is 35.1 Å². The van der Waals surface area contributed by atoms with E-state index in [2.05, 4.69) is 4.72 Å². The molecule has 0 aromatic heterocycles. The van der Waals surface area contributed by atoms with E-state index in [0.29, 0.717) is 11.1 Å². The summed E-state index contributed by atoms with van der Waals surface area (Å²) in [5.74, 6) is -0.332. The molecule has 0 saturated heterocycles. The molecule has 0 fully saturated rings. The van der Waals surface area contributed by atoms with E-state index in [4.69, 9.17) is 0 Å². The van der Waals surface area contributed by atoms with Crippen molar-refractivity contribution in [2.75, 3.05) is 14.1 Å². The van der Waals surface area contributed by atoms with Crippen molar-refractivity contribution in [1.82, 2.24) is 9.03 Å². The number of hydrogen-bond acceptors (Lipinski definition) is 2. The number of benzene rings is 1. The molecule has 0 aliphatic carbocycles. The fraction of sp³-hybridized carbons (Fsp3) is 0.400. The minimum Gasteiger partial charge on any atom is -0.207 e. The fourth-order valence-corrected chi connectivity index (χ4v) is 1.66. The van der Waals surface area contributed by atoms with Gasteiger partial charge in [0.25, 0.3) is 10.2 Å². The van der Waals surface area contributed by atoms with Crippen molar-refractivity contribution in [3.8, 4) is 0 Å². The van der Waals surface area contributed by atoms with Gasteiger partial charge >= 0.3 is 0 Å². The second-order valence-corrected chi connectivity index (χ2v) is 5.66. The number of nitrogens with one attached hydrogen (secondary N) is 1. The molecule has 4 nitrogen and oxygen atoms in total. The van der Waals surface area contributed by atoms with E-state index in [1.807, 2.05) is 0 Å². The minimum atomic E-state index is -3.46. The normalized spacial score (nSPS) is 12.1. The Balaban J connectivity index is 2.73. The molecule has 6 heteroatoms. The standard InChI is InChI=1S/C10H15FN2O2S/c1-8-4-5-9(6-10(8)11)7-12-16(14,15)13(2)3/h4-6,12H,7H2,1-3H3. The molecule has 0 heterocycles. The maximum absolute atomic E-state index is 13.2. The molecule has 0 atom stereocenters. The maximum Gasteiger partial charge on any atom is 0.279 e. The van der Waals surface area contributed by atoms with Crippen LogP contribution in [-0.2, 0) is 16.8 Å². The topological polar surface area (TPSA) is 49.4 Å². The highest BCUT2D eigenvalue weighted by Gasteiger charge is 2.12. The van der Waals surface area contributed by atoms with Crippen molar-refractivity contribution >= 4 is 10.2 Å². The van der Waals surface area contributed by atoms with Crippen LogP contribution < -0.4 is 4.72 Å². The van der Waals surface area contributed by atoms with Gasteiger partial charge in [0.2, 0.25) is 0 Å². The molecule has 1 aromatic rings. The Morgan fingerprint density at radius 1 is 1.38 bits per heavy atom. The lowest BCUT2D eigenvalue weighted by Gasteiger charge is -2.12. The summed E-state index contributed by atoms with van der Waals surface area (Å²) in [5, 5.41) is 0. The van der Waals surface area contributed by atoms with Gasteiger partial charge < -0.3 is 0 Å². The van der Waals surface area contributed by atoms with E-state index >= 15 is 0 Å². The highest BCUT2D eigenvalue weighted by atomic mass is 32.2. The summed E-state index contributed by atoms with van der Waals surface area (Å²) in [6, 6.07) is 4.64. The molecule has 0 bridgehead atoms. The van der Waals surface area contributed by atoms with E-state index in [-0.39, 0.29) is 12.4 Å². The summed E-state index contributed by atoms with van der Waals surface area (Å²) in [5.41, 5.74) is 1.13. The van der Waals surface area contributed by atoms with Crippen LogP contribution in [0, 0.1) is 12.7 Å². The Kier molecular flexibility index (Phi) is 4.01. The number of aryl methyl sites for hydroxylation is 1. The summed E-state index contributed by atoms with van der Waals surface area (Å²) < 4.78 is 39.3. The van der Waals surface area contributed by atoms with Gasteiger partial charge in [0.15, 0.2) is 0 Å². The number of halogens is 1. The SMILES string of the molecule is Cc1ccc(CNS(=O)(=O)N(C)C)cc1F. The van der Waals surface area contributed by atoms with Crippen molar-refractivity contribution in [1.29, 1.82) is 0 Å². The van der Waals surface area contributed by atoms with Gasteiger partial charge in [-0.25, -0.2) is 4.39 Å². The fourth-order valence-electron chi connectivity index (χ4n) is 1.05. The van der Waals surface area contributed by atoms with Crippen LogP contribution in [0.2, 0.25) is 0 Å². The van der Waals surface area contributed by atoms with Crippen molar-refractivity contribution < 1.29 is 12.8 Å². The first kappa shape index (κ1) is 13.1. The van der Waals surface area contributed by atoms with Crippen LogP contribution in [0.5, 0.6) is 0 Å². The summed E-state index contributed by atoms with van der Waals surface area (Å²) in [6.45, 7) is 1.74. The van der Waals surface area contributed by atoms with Crippen LogP contribution in [0.3, 0.4) is 0 Å². The van der Waals surface area contributed by atoms with Gasteiger partial charge in [-0.2, -0.15) is 17.4 Å². The Morgan fingerprint density at radius 2 is 2.00 bits per heavy atom. The van der Waals surface area contributed by atoms with Crippen molar-refractivity contribution in [2.24, 2.45) is 0 Å². The third kappa shape index (κ3) is 3.26. The molecule has 16 heavy (non-hydrogen) atoms. The van der Waals surface area contributed by atoms with E-state index in [1.54, 1.807) is 19.1 Å². The smallest absolute Gasteiger partial charge is 0.207 e. The zero-order valence-corrected chi connectivity index (χ0v) is 10.3. The first-order chi connectivity index (χ1) is 7.33. The Hall–Kier alpha value is -0.980. The quantitative estimate of drug-likeness (QED) is 0.862. The monoisotopic (exact) mass is 246 g/mol. The van der Waals surface area contributed by atoms with Gasteiger partial charge in [0, 0.05) is 20.6 Å². The average Bonchev–Trinajstić information content (AvgIpc) is 2.20. The zero-order valence-electron chi connectivity index (χ0n) is 9.49. The largest absolute Gasteiger partial charge is 0.279 e. The van der Waals surface area contributed by atoms with Gasteiger partial charge in [-0.3, -0.25) is 0 Å². The van der Waals surface area contributed by atoms with Gasteiger partial charge in [-0.1, -0.05) is 12.1 Å². The molecule has 0 aliphatic rings. The molecular formula is C10H15FN2O2S. The van der Waals surface area contributed by atoms with E-state index < -0.39 is 10.2 Å². The summed E-state index contributed by atoms with van der Waals surface area (Å²) in [6.07, 6.45) is 0. The molecule has 0 spiro atoms. The number of rotatable bonds is 4. The van der Waals surface area contributed by atoms with E-state index in [0.717, 1.165) is 4.31 Å². The van der Waals surface area contributed by atoms with Crippen LogP contribution in [-0.4, -0.2) is 26.8 Å². The van der Waals surface area contributed by atoms with Crippen molar-refractivity contribution in [3.63, 3.8) is 0 Å². The Morgan fingerprint density at radius 3 is 2.50 bits per heavy atom. The lowest BCUT2D eigenvalue weighted by atomic mass is 10.1. The van der Waals surface area contributed by atoms with Crippen molar-refractivity contribution in [2.45, 2.75) is 13.5 Å². The summed E-state index contributed by atoms with van der Waals surface area (Å²) >= 11 is 0. The summed E-state index contributed by atoms with van der Waals surface area (Å²) in [4.78, 5) is 0. The molecule has 0 aliphatic heterocycles. The first-order valence-corrected chi connectivity index (χ1v) is 6.19. The maximum atomic E-state index is 13.2. The molecule has 0 saturated carbocycles. The molecule has 0 amide bonds. The highest BCUT2D eigenvalue weighted by Crippen LogP contribution is 2.09. The second kappa shape index (κ2) is 4.90. The third-order valence-electron chi connectivity index (χ3n) is 2.18. The lowest BCUT2D eigenvalue weighted by molar-refractivity contribution is 0.505. The molecular weight excluding hydrogens is 231 g/mol. The van der Waals surface area contributed by atoms with E-state index in [1.165, 1.54) is 20.2 Å².